The van der Waals surface area contributed by atoms with Gasteiger partial charge in [0.2, 0.25) is 5.91 Å². The highest BCUT2D eigenvalue weighted by molar-refractivity contribution is 5.75. The third-order valence-electron chi connectivity index (χ3n) is 2.21. The first kappa shape index (κ1) is 14.1. The van der Waals surface area contributed by atoms with Crippen molar-refractivity contribution in [2.24, 2.45) is 5.73 Å². The molecule has 0 spiro atoms. The molecule has 0 bridgehead atoms. The number of carbonyl (C=O) groups is 2. The van der Waals surface area contributed by atoms with E-state index in [0.29, 0.717) is 12.2 Å². The fourth-order valence-corrected chi connectivity index (χ4v) is 1.29. The second kappa shape index (κ2) is 6.70. The lowest BCUT2D eigenvalue weighted by atomic mass is 10.2. The second-order valence-corrected chi connectivity index (χ2v) is 3.91. The number of nitrogens with zero attached hydrogens (tertiary/aromatic N) is 3. The number of nitrogens with two attached hydrogens (primary N) is 1. The van der Waals surface area contributed by atoms with E-state index in [-0.39, 0.29) is 18.9 Å². The van der Waals surface area contributed by atoms with Crippen molar-refractivity contribution in [1.82, 2.24) is 20.3 Å². The van der Waals surface area contributed by atoms with Crippen molar-refractivity contribution < 1.29 is 14.7 Å². The Bertz CT molecular complexity index is 417. The van der Waals surface area contributed by atoms with E-state index < -0.39 is 12.0 Å². The average Bonchev–Trinajstić information content (AvgIpc) is 2.73. The number of hydrogen-bond acceptors (Lipinski definition) is 5. The van der Waals surface area contributed by atoms with Crippen molar-refractivity contribution in [2.75, 3.05) is 6.54 Å². The van der Waals surface area contributed by atoms with Crippen LogP contribution in [0.25, 0.3) is 0 Å². The Balaban J connectivity index is 2.48. The number of carboxylic acid groups (broad SMARTS) is 1. The van der Waals surface area contributed by atoms with Gasteiger partial charge >= 0.3 is 5.97 Å². The van der Waals surface area contributed by atoms with Crippen LogP contribution in [0.1, 0.15) is 19.0 Å². The predicted octanol–water partition coefficient (Wildman–Crippen LogP) is -1.24. The summed E-state index contributed by atoms with van der Waals surface area (Å²) in [7, 11) is 0. The Morgan fingerprint density at radius 1 is 1.61 bits per heavy atom. The number of aromatic nitrogens is 3. The monoisotopic (exact) mass is 255 g/mol. The molecule has 1 unspecified atom stereocenters. The van der Waals surface area contributed by atoms with Gasteiger partial charge in [-0.2, -0.15) is 0 Å². The molecule has 0 aromatic carbocycles. The van der Waals surface area contributed by atoms with Crippen LogP contribution in [-0.4, -0.2) is 44.6 Å². The first-order chi connectivity index (χ1) is 8.52. The SMILES string of the molecule is CCCNC(=O)Cn1cc(CC(N)C(=O)O)nn1. The van der Waals surface area contributed by atoms with Crippen molar-refractivity contribution >= 4 is 11.9 Å². The van der Waals surface area contributed by atoms with E-state index in [0.717, 1.165) is 6.42 Å². The van der Waals surface area contributed by atoms with E-state index in [4.69, 9.17) is 10.8 Å². The number of carboxylic acids is 1. The highest BCUT2D eigenvalue weighted by Crippen LogP contribution is 1.97. The summed E-state index contributed by atoms with van der Waals surface area (Å²) in [5.74, 6) is -1.25. The second-order valence-electron chi connectivity index (χ2n) is 3.91. The molecule has 1 heterocycles. The van der Waals surface area contributed by atoms with Crippen LogP contribution < -0.4 is 11.1 Å². The molecule has 0 saturated heterocycles. The lowest BCUT2D eigenvalue weighted by Gasteiger charge is -2.02. The van der Waals surface area contributed by atoms with Crippen molar-refractivity contribution in [1.29, 1.82) is 0 Å². The molecule has 8 nitrogen and oxygen atoms in total. The van der Waals surface area contributed by atoms with Crippen LogP contribution in [0, 0.1) is 0 Å². The topological polar surface area (TPSA) is 123 Å². The molecule has 0 aliphatic carbocycles. The summed E-state index contributed by atoms with van der Waals surface area (Å²) in [6.45, 7) is 2.64. The van der Waals surface area contributed by atoms with Gasteiger partial charge in [-0.25, -0.2) is 4.68 Å². The third-order valence-corrected chi connectivity index (χ3v) is 2.21. The lowest BCUT2D eigenvalue weighted by Crippen LogP contribution is -2.32. The summed E-state index contributed by atoms with van der Waals surface area (Å²) in [5.41, 5.74) is 5.82. The summed E-state index contributed by atoms with van der Waals surface area (Å²) >= 11 is 0. The van der Waals surface area contributed by atoms with Crippen LogP contribution in [0.5, 0.6) is 0 Å². The van der Waals surface area contributed by atoms with Gasteiger partial charge in [0, 0.05) is 19.2 Å². The first-order valence-corrected chi connectivity index (χ1v) is 5.67. The zero-order valence-corrected chi connectivity index (χ0v) is 10.2. The number of amides is 1. The zero-order valence-electron chi connectivity index (χ0n) is 10.2. The van der Waals surface area contributed by atoms with Crippen LogP contribution in [0.15, 0.2) is 6.20 Å². The highest BCUT2D eigenvalue weighted by atomic mass is 16.4. The zero-order chi connectivity index (χ0) is 13.5. The molecule has 1 aromatic rings. The van der Waals surface area contributed by atoms with Crippen LogP contribution in [0.2, 0.25) is 0 Å². The summed E-state index contributed by atoms with van der Waals surface area (Å²) in [6.07, 6.45) is 2.47. The van der Waals surface area contributed by atoms with E-state index in [1.807, 2.05) is 6.92 Å². The molecule has 1 aromatic heterocycles. The molecule has 1 rings (SSSR count). The van der Waals surface area contributed by atoms with Gasteiger partial charge in [0.15, 0.2) is 0 Å². The standard InChI is InChI=1S/C10H17N5O3/c1-2-3-12-9(16)6-15-5-7(13-14-15)4-8(11)10(17)18/h5,8H,2-4,6,11H2,1H3,(H,12,16)(H,17,18). The highest BCUT2D eigenvalue weighted by Gasteiger charge is 2.14. The van der Waals surface area contributed by atoms with Crippen LogP contribution in [-0.2, 0) is 22.6 Å². The number of aliphatic carboxylic acids is 1. The Morgan fingerprint density at radius 3 is 2.94 bits per heavy atom. The fourth-order valence-electron chi connectivity index (χ4n) is 1.29. The lowest BCUT2D eigenvalue weighted by molar-refractivity contribution is -0.138. The van der Waals surface area contributed by atoms with Crippen molar-refractivity contribution in [2.45, 2.75) is 32.4 Å². The Hall–Kier alpha value is -1.96. The summed E-state index contributed by atoms with van der Waals surface area (Å²) in [6, 6.07) is -1.01. The summed E-state index contributed by atoms with van der Waals surface area (Å²) < 4.78 is 1.36. The molecule has 0 saturated carbocycles. The number of rotatable bonds is 7. The van der Waals surface area contributed by atoms with Crippen molar-refractivity contribution in [3.8, 4) is 0 Å². The smallest absolute Gasteiger partial charge is 0.320 e. The molecular weight excluding hydrogens is 238 g/mol. The largest absolute Gasteiger partial charge is 0.480 e. The number of carbonyl (C=O) groups excluding carboxylic acids is 1. The Morgan fingerprint density at radius 2 is 2.33 bits per heavy atom. The van der Waals surface area contributed by atoms with E-state index in [2.05, 4.69) is 15.6 Å². The maximum atomic E-state index is 11.4. The minimum atomic E-state index is -1.09. The van der Waals surface area contributed by atoms with Gasteiger partial charge in [0.1, 0.15) is 12.6 Å². The molecule has 1 amide bonds. The van der Waals surface area contributed by atoms with Gasteiger partial charge in [-0.1, -0.05) is 12.1 Å². The van der Waals surface area contributed by atoms with E-state index in [1.54, 1.807) is 0 Å². The van der Waals surface area contributed by atoms with Crippen LogP contribution >= 0.6 is 0 Å². The summed E-state index contributed by atoms with van der Waals surface area (Å²) in [4.78, 5) is 22.0. The van der Waals surface area contributed by atoms with E-state index in [9.17, 15) is 9.59 Å². The Labute approximate surface area is 104 Å². The normalized spacial score (nSPS) is 12.1. The quantitative estimate of drug-likeness (QED) is 0.560. The Kier molecular flexibility index (Phi) is 5.25. The minimum absolute atomic E-state index is 0.0648. The molecule has 4 N–H and O–H groups in total. The minimum Gasteiger partial charge on any atom is -0.480 e. The van der Waals surface area contributed by atoms with Gasteiger partial charge in [0.25, 0.3) is 0 Å². The molecule has 0 radical (unpaired) electrons. The number of nitrogens with one attached hydrogen (secondary N) is 1. The van der Waals surface area contributed by atoms with Gasteiger partial charge in [-0.05, 0) is 6.42 Å². The molecule has 0 fully saturated rings. The van der Waals surface area contributed by atoms with Gasteiger partial charge < -0.3 is 16.2 Å². The van der Waals surface area contributed by atoms with Crippen molar-refractivity contribution in [3.05, 3.63) is 11.9 Å². The molecule has 0 aliphatic rings. The number of hydrogen-bond donors (Lipinski definition) is 3. The van der Waals surface area contributed by atoms with Gasteiger partial charge in [-0.15, -0.1) is 5.10 Å². The van der Waals surface area contributed by atoms with E-state index >= 15 is 0 Å². The van der Waals surface area contributed by atoms with E-state index in [1.165, 1.54) is 10.9 Å². The molecular formula is C10H17N5O3. The first-order valence-electron chi connectivity index (χ1n) is 5.67. The fraction of sp³-hybridized carbons (Fsp3) is 0.600. The van der Waals surface area contributed by atoms with Crippen LogP contribution in [0.4, 0.5) is 0 Å². The summed E-state index contributed by atoms with van der Waals surface area (Å²) in [5, 5.41) is 18.8. The maximum Gasteiger partial charge on any atom is 0.320 e. The molecule has 1 atom stereocenters. The van der Waals surface area contributed by atoms with Gasteiger partial charge in [-0.3, -0.25) is 9.59 Å². The molecule has 0 aliphatic heterocycles. The predicted molar refractivity (Wildman–Crippen MR) is 62.6 cm³/mol. The maximum absolute atomic E-state index is 11.4. The molecule has 8 heteroatoms. The third kappa shape index (κ3) is 4.50. The van der Waals surface area contributed by atoms with Gasteiger partial charge in [0.05, 0.1) is 5.69 Å². The molecule has 18 heavy (non-hydrogen) atoms. The van der Waals surface area contributed by atoms with Crippen LogP contribution in [0.3, 0.4) is 0 Å². The average molecular weight is 255 g/mol. The van der Waals surface area contributed by atoms with Crippen molar-refractivity contribution in [3.63, 3.8) is 0 Å². The molecule has 100 valence electrons.